The number of hydrogen-bond acceptors (Lipinski definition) is 4. The summed E-state index contributed by atoms with van der Waals surface area (Å²) >= 11 is 0. The molecule has 0 saturated carbocycles. The third-order valence-corrected chi connectivity index (χ3v) is 2.53. The first-order chi connectivity index (χ1) is 8.16. The van der Waals surface area contributed by atoms with Gasteiger partial charge in [-0.1, -0.05) is 24.3 Å². The van der Waals surface area contributed by atoms with Crippen LogP contribution in [0.4, 0.5) is 0 Å². The maximum atomic E-state index is 10.6. The van der Waals surface area contributed by atoms with Crippen LogP contribution in [-0.4, -0.2) is 21.2 Å². The molecule has 0 aliphatic heterocycles. The van der Waals surface area contributed by atoms with E-state index in [1.165, 1.54) is 11.1 Å². The summed E-state index contributed by atoms with van der Waals surface area (Å²) in [4.78, 5) is 14.3. The predicted molar refractivity (Wildman–Crippen MR) is 59.8 cm³/mol. The normalized spacial score (nSPS) is 10.4. The highest BCUT2D eigenvalue weighted by Crippen LogP contribution is 2.10. The number of aromatic nitrogens is 2. The fourth-order valence-electron chi connectivity index (χ4n) is 1.58. The molecule has 2 aromatic rings. The van der Waals surface area contributed by atoms with Crippen molar-refractivity contribution in [2.75, 3.05) is 0 Å². The van der Waals surface area contributed by atoms with Crippen LogP contribution in [0.3, 0.4) is 0 Å². The molecule has 2 rings (SSSR count). The quantitative estimate of drug-likeness (QED) is 0.870. The summed E-state index contributed by atoms with van der Waals surface area (Å²) in [5, 5.41) is 12.0. The van der Waals surface area contributed by atoms with Gasteiger partial charge >= 0.3 is 5.97 Å². The third kappa shape index (κ3) is 2.69. The number of aryl methyl sites for hydroxylation is 3. The number of rotatable bonds is 4. The average molecular weight is 232 g/mol. The monoisotopic (exact) mass is 232 g/mol. The molecule has 0 unspecified atom stereocenters. The van der Waals surface area contributed by atoms with Crippen molar-refractivity contribution in [2.45, 2.75) is 19.8 Å². The molecule has 0 spiro atoms. The second-order valence-electron chi connectivity index (χ2n) is 3.74. The fourth-order valence-corrected chi connectivity index (χ4v) is 1.58. The van der Waals surface area contributed by atoms with E-state index in [4.69, 9.17) is 9.63 Å². The Morgan fingerprint density at radius 1 is 1.35 bits per heavy atom. The van der Waals surface area contributed by atoms with Crippen LogP contribution in [0.15, 0.2) is 28.8 Å². The van der Waals surface area contributed by atoms with Crippen molar-refractivity contribution in [1.29, 1.82) is 0 Å². The van der Waals surface area contributed by atoms with Gasteiger partial charge < -0.3 is 9.63 Å². The summed E-state index contributed by atoms with van der Waals surface area (Å²) in [6.07, 6.45) is 1.30. The number of nitrogens with zero attached hydrogens (tertiary/aromatic N) is 2. The average Bonchev–Trinajstić information content (AvgIpc) is 2.77. The second-order valence-corrected chi connectivity index (χ2v) is 3.74. The van der Waals surface area contributed by atoms with Crippen molar-refractivity contribution in [3.05, 3.63) is 47.1 Å². The van der Waals surface area contributed by atoms with Gasteiger partial charge in [-0.3, -0.25) is 0 Å². The topological polar surface area (TPSA) is 76.2 Å². The van der Waals surface area contributed by atoms with Crippen LogP contribution in [0.25, 0.3) is 0 Å². The maximum Gasteiger partial charge on any atom is 0.377 e. The first kappa shape index (κ1) is 11.3. The van der Waals surface area contributed by atoms with E-state index in [9.17, 15) is 4.79 Å². The van der Waals surface area contributed by atoms with Gasteiger partial charge in [0, 0.05) is 6.42 Å². The van der Waals surface area contributed by atoms with Gasteiger partial charge in [-0.25, -0.2) is 4.79 Å². The lowest BCUT2D eigenvalue weighted by Crippen LogP contribution is -1.99. The van der Waals surface area contributed by atoms with Gasteiger partial charge in [-0.15, -0.1) is 0 Å². The lowest BCUT2D eigenvalue weighted by molar-refractivity contribution is 0.0680. The van der Waals surface area contributed by atoms with Crippen molar-refractivity contribution >= 4 is 5.97 Å². The highest BCUT2D eigenvalue weighted by Gasteiger charge is 2.12. The zero-order chi connectivity index (χ0) is 12.3. The standard InChI is InChI=1S/C12H12N2O3/c1-8-4-2-3-5-9(8)6-7-10-13-11(12(15)16)14-17-10/h2-5H,6-7H2,1H3,(H,15,16). The van der Waals surface area contributed by atoms with Crippen molar-refractivity contribution in [3.8, 4) is 0 Å². The molecule has 17 heavy (non-hydrogen) atoms. The summed E-state index contributed by atoms with van der Waals surface area (Å²) in [5.74, 6) is -1.11. The van der Waals surface area contributed by atoms with Crippen LogP contribution >= 0.6 is 0 Å². The lowest BCUT2D eigenvalue weighted by Gasteiger charge is -2.02. The Bertz CT molecular complexity index is 534. The molecule has 0 amide bonds. The number of hydrogen-bond donors (Lipinski definition) is 1. The molecule has 1 heterocycles. The van der Waals surface area contributed by atoms with E-state index < -0.39 is 5.97 Å². The number of benzene rings is 1. The maximum absolute atomic E-state index is 10.6. The minimum absolute atomic E-state index is 0.287. The third-order valence-electron chi connectivity index (χ3n) is 2.53. The SMILES string of the molecule is Cc1ccccc1CCc1nc(C(=O)O)no1. The van der Waals surface area contributed by atoms with Crippen LogP contribution < -0.4 is 0 Å². The van der Waals surface area contributed by atoms with Gasteiger partial charge in [-0.05, 0) is 29.6 Å². The minimum Gasteiger partial charge on any atom is -0.475 e. The summed E-state index contributed by atoms with van der Waals surface area (Å²) in [5.41, 5.74) is 2.40. The molecule has 0 aliphatic carbocycles. The Morgan fingerprint density at radius 3 is 2.76 bits per heavy atom. The van der Waals surface area contributed by atoms with E-state index in [1.807, 2.05) is 31.2 Å². The van der Waals surface area contributed by atoms with E-state index in [0.29, 0.717) is 12.3 Å². The molecular weight excluding hydrogens is 220 g/mol. The Kier molecular flexibility index (Phi) is 3.18. The summed E-state index contributed by atoms with van der Waals surface area (Å²) < 4.78 is 4.85. The highest BCUT2D eigenvalue weighted by molar-refractivity contribution is 5.82. The van der Waals surface area contributed by atoms with Gasteiger partial charge in [0.25, 0.3) is 5.82 Å². The van der Waals surface area contributed by atoms with Crippen molar-refractivity contribution < 1.29 is 14.4 Å². The molecule has 0 saturated heterocycles. The lowest BCUT2D eigenvalue weighted by atomic mass is 10.0. The summed E-state index contributed by atoms with van der Waals surface area (Å²) in [6.45, 7) is 2.03. The Labute approximate surface area is 98.1 Å². The zero-order valence-corrected chi connectivity index (χ0v) is 9.38. The van der Waals surface area contributed by atoms with Crippen molar-refractivity contribution in [3.63, 3.8) is 0 Å². The van der Waals surface area contributed by atoms with Crippen LogP contribution in [0.2, 0.25) is 0 Å². The molecule has 1 aromatic heterocycles. The van der Waals surface area contributed by atoms with Gasteiger partial charge in [-0.2, -0.15) is 4.98 Å². The van der Waals surface area contributed by atoms with E-state index >= 15 is 0 Å². The molecule has 5 heteroatoms. The molecule has 0 fully saturated rings. The molecule has 0 aliphatic rings. The van der Waals surface area contributed by atoms with Gasteiger partial charge in [0.1, 0.15) is 0 Å². The summed E-state index contributed by atoms with van der Waals surface area (Å²) in [6, 6.07) is 8.02. The van der Waals surface area contributed by atoms with Gasteiger partial charge in [0.05, 0.1) is 0 Å². The molecule has 88 valence electrons. The van der Waals surface area contributed by atoms with Crippen LogP contribution in [0, 0.1) is 6.92 Å². The molecular formula is C12H12N2O3. The minimum atomic E-state index is -1.17. The number of aromatic carboxylic acids is 1. The smallest absolute Gasteiger partial charge is 0.377 e. The molecule has 5 nitrogen and oxygen atoms in total. The van der Waals surface area contributed by atoms with E-state index in [2.05, 4.69) is 10.1 Å². The highest BCUT2D eigenvalue weighted by atomic mass is 16.5. The van der Waals surface area contributed by atoms with Crippen LogP contribution in [0.5, 0.6) is 0 Å². The number of carbonyl (C=O) groups is 1. The first-order valence-corrected chi connectivity index (χ1v) is 5.27. The molecule has 1 aromatic carbocycles. The first-order valence-electron chi connectivity index (χ1n) is 5.27. The Balaban J connectivity index is 2.02. The largest absolute Gasteiger partial charge is 0.475 e. The van der Waals surface area contributed by atoms with Crippen LogP contribution in [0.1, 0.15) is 27.6 Å². The van der Waals surface area contributed by atoms with E-state index in [1.54, 1.807) is 0 Å². The van der Waals surface area contributed by atoms with E-state index in [-0.39, 0.29) is 5.82 Å². The molecule has 0 atom stereocenters. The molecule has 1 N–H and O–H groups in total. The second kappa shape index (κ2) is 4.78. The predicted octanol–water partition coefficient (Wildman–Crippen LogP) is 1.86. The molecule has 0 radical (unpaired) electrons. The van der Waals surface area contributed by atoms with Gasteiger partial charge in [0.2, 0.25) is 5.89 Å². The van der Waals surface area contributed by atoms with E-state index in [0.717, 1.165) is 6.42 Å². The Hall–Kier alpha value is -2.17. The summed E-state index contributed by atoms with van der Waals surface area (Å²) in [7, 11) is 0. The number of carboxylic acid groups (broad SMARTS) is 1. The number of carboxylic acids is 1. The van der Waals surface area contributed by atoms with Crippen LogP contribution in [-0.2, 0) is 12.8 Å². The molecule has 0 bridgehead atoms. The zero-order valence-electron chi connectivity index (χ0n) is 9.38. The van der Waals surface area contributed by atoms with Crippen molar-refractivity contribution in [1.82, 2.24) is 10.1 Å². The Morgan fingerprint density at radius 2 is 2.12 bits per heavy atom. The van der Waals surface area contributed by atoms with Crippen molar-refractivity contribution in [2.24, 2.45) is 0 Å². The fraction of sp³-hybridized carbons (Fsp3) is 0.250. The van der Waals surface area contributed by atoms with Gasteiger partial charge in [0.15, 0.2) is 0 Å².